The Morgan fingerprint density at radius 2 is 1.95 bits per heavy atom. The Balaban J connectivity index is 1.99. The van der Waals surface area contributed by atoms with E-state index in [2.05, 4.69) is 17.9 Å². The van der Waals surface area contributed by atoms with Gasteiger partial charge in [-0.3, -0.25) is 0 Å². The van der Waals surface area contributed by atoms with E-state index < -0.39 is 5.97 Å². The van der Waals surface area contributed by atoms with E-state index in [0.29, 0.717) is 23.8 Å². The second-order valence-electron chi connectivity index (χ2n) is 4.78. The zero-order chi connectivity index (χ0) is 15.9. The molecule has 116 valence electrons. The molecule has 1 atom stereocenters. The van der Waals surface area contributed by atoms with Crippen molar-refractivity contribution in [1.29, 1.82) is 0 Å². The van der Waals surface area contributed by atoms with Gasteiger partial charge in [0.25, 0.3) is 0 Å². The quantitative estimate of drug-likeness (QED) is 0.590. The standard InChI is InChI=1S/C16H18N2O3S/c17-12(10-22)9-18-13-4-6-14(7-5-13)21-15-3-1-2-11(8-15)16(19)20/h1-8,12,18,22H,9-10,17H2,(H,19,20)/t12-/m0/s1. The van der Waals surface area contributed by atoms with Gasteiger partial charge in [-0.25, -0.2) is 4.79 Å². The number of hydrogen-bond donors (Lipinski definition) is 4. The van der Waals surface area contributed by atoms with Crippen LogP contribution in [0.25, 0.3) is 0 Å². The van der Waals surface area contributed by atoms with Gasteiger partial charge in [-0.2, -0.15) is 12.6 Å². The number of benzene rings is 2. The minimum Gasteiger partial charge on any atom is -0.478 e. The highest BCUT2D eigenvalue weighted by atomic mass is 32.1. The van der Waals surface area contributed by atoms with Crippen molar-refractivity contribution >= 4 is 24.3 Å². The first-order valence-electron chi connectivity index (χ1n) is 6.80. The molecule has 5 nitrogen and oxygen atoms in total. The third-order valence-electron chi connectivity index (χ3n) is 2.97. The summed E-state index contributed by atoms with van der Waals surface area (Å²) >= 11 is 4.13. The predicted molar refractivity (Wildman–Crippen MR) is 90.2 cm³/mol. The van der Waals surface area contributed by atoms with E-state index in [0.717, 1.165) is 5.69 Å². The first kappa shape index (κ1) is 16.2. The number of carbonyl (C=O) groups is 1. The lowest BCUT2D eigenvalue weighted by Gasteiger charge is -2.12. The number of carboxylic acid groups (broad SMARTS) is 1. The smallest absolute Gasteiger partial charge is 0.335 e. The zero-order valence-corrected chi connectivity index (χ0v) is 12.8. The molecule has 0 aliphatic rings. The van der Waals surface area contributed by atoms with E-state index in [9.17, 15) is 4.79 Å². The largest absolute Gasteiger partial charge is 0.478 e. The fraction of sp³-hybridized carbons (Fsp3) is 0.188. The molecule has 2 rings (SSSR count). The molecule has 0 aliphatic heterocycles. The summed E-state index contributed by atoms with van der Waals surface area (Å²) in [6, 6.07) is 13.7. The molecule has 2 aromatic rings. The fourth-order valence-electron chi connectivity index (χ4n) is 1.78. The summed E-state index contributed by atoms with van der Waals surface area (Å²) < 4.78 is 5.64. The molecule has 0 amide bonds. The van der Waals surface area contributed by atoms with E-state index in [1.807, 2.05) is 24.3 Å². The molecule has 0 bridgehead atoms. The third-order valence-corrected chi connectivity index (χ3v) is 3.44. The van der Waals surface area contributed by atoms with Gasteiger partial charge in [0.2, 0.25) is 0 Å². The van der Waals surface area contributed by atoms with E-state index in [1.54, 1.807) is 12.1 Å². The number of carboxylic acids is 1. The summed E-state index contributed by atoms with van der Waals surface area (Å²) in [6.07, 6.45) is 0. The van der Waals surface area contributed by atoms with Crippen molar-refractivity contribution in [3.8, 4) is 11.5 Å². The lowest BCUT2D eigenvalue weighted by Crippen LogP contribution is -2.30. The van der Waals surface area contributed by atoms with Crippen LogP contribution in [0.2, 0.25) is 0 Å². The minimum atomic E-state index is -0.981. The molecule has 0 aliphatic carbocycles. The number of anilines is 1. The lowest BCUT2D eigenvalue weighted by atomic mass is 10.2. The van der Waals surface area contributed by atoms with Crippen molar-refractivity contribution in [2.24, 2.45) is 5.73 Å². The molecule has 4 N–H and O–H groups in total. The maximum Gasteiger partial charge on any atom is 0.335 e. The van der Waals surface area contributed by atoms with Crippen molar-refractivity contribution in [1.82, 2.24) is 0 Å². The monoisotopic (exact) mass is 318 g/mol. The van der Waals surface area contributed by atoms with Gasteiger partial charge in [-0.05, 0) is 42.5 Å². The molecule has 0 spiro atoms. The summed E-state index contributed by atoms with van der Waals surface area (Å²) in [4.78, 5) is 10.9. The molecule has 0 heterocycles. The van der Waals surface area contributed by atoms with Crippen LogP contribution in [0.15, 0.2) is 48.5 Å². The Morgan fingerprint density at radius 3 is 2.59 bits per heavy atom. The first-order chi connectivity index (χ1) is 10.6. The molecule has 0 fully saturated rings. The van der Waals surface area contributed by atoms with E-state index >= 15 is 0 Å². The van der Waals surface area contributed by atoms with Gasteiger partial charge >= 0.3 is 5.97 Å². The average Bonchev–Trinajstić information content (AvgIpc) is 2.54. The van der Waals surface area contributed by atoms with Crippen LogP contribution < -0.4 is 15.8 Å². The number of thiol groups is 1. The molecule has 0 aromatic heterocycles. The molecule has 6 heteroatoms. The van der Waals surface area contributed by atoms with Crippen LogP contribution in [0.4, 0.5) is 5.69 Å². The van der Waals surface area contributed by atoms with Gasteiger partial charge in [0.15, 0.2) is 0 Å². The number of nitrogens with two attached hydrogens (primary N) is 1. The van der Waals surface area contributed by atoms with Crippen molar-refractivity contribution < 1.29 is 14.6 Å². The summed E-state index contributed by atoms with van der Waals surface area (Å²) in [5.41, 5.74) is 6.91. The van der Waals surface area contributed by atoms with E-state index in [1.165, 1.54) is 12.1 Å². The Kier molecular flexibility index (Phi) is 5.68. The predicted octanol–water partition coefficient (Wildman–Crippen LogP) is 2.85. The normalized spacial score (nSPS) is 11.7. The molecule has 0 saturated carbocycles. The maximum atomic E-state index is 10.9. The Morgan fingerprint density at radius 1 is 1.23 bits per heavy atom. The molecule has 2 aromatic carbocycles. The molecule has 22 heavy (non-hydrogen) atoms. The summed E-state index contributed by atoms with van der Waals surface area (Å²) in [6.45, 7) is 0.643. The van der Waals surface area contributed by atoms with Crippen LogP contribution >= 0.6 is 12.6 Å². The van der Waals surface area contributed by atoms with Crippen molar-refractivity contribution in [2.45, 2.75) is 6.04 Å². The van der Waals surface area contributed by atoms with Crippen LogP contribution in [0.3, 0.4) is 0 Å². The summed E-state index contributed by atoms with van der Waals surface area (Å²) in [7, 11) is 0. The Bertz CT molecular complexity index is 632. The highest BCUT2D eigenvalue weighted by Crippen LogP contribution is 2.23. The number of hydrogen-bond acceptors (Lipinski definition) is 5. The SMILES string of the molecule is N[C@H](CS)CNc1ccc(Oc2cccc(C(=O)O)c2)cc1. The Labute approximate surface area is 134 Å². The van der Waals surface area contributed by atoms with Crippen LogP contribution in [-0.4, -0.2) is 29.4 Å². The van der Waals surface area contributed by atoms with E-state index in [-0.39, 0.29) is 11.6 Å². The maximum absolute atomic E-state index is 10.9. The van der Waals surface area contributed by atoms with Gasteiger partial charge in [0.05, 0.1) is 5.56 Å². The molecule has 0 saturated heterocycles. The highest BCUT2D eigenvalue weighted by molar-refractivity contribution is 7.80. The lowest BCUT2D eigenvalue weighted by molar-refractivity contribution is 0.0696. The third kappa shape index (κ3) is 4.68. The van der Waals surface area contributed by atoms with E-state index in [4.69, 9.17) is 15.6 Å². The highest BCUT2D eigenvalue weighted by Gasteiger charge is 2.05. The molecular weight excluding hydrogens is 300 g/mol. The molecule has 0 unspecified atom stereocenters. The van der Waals surface area contributed by atoms with Gasteiger partial charge in [-0.15, -0.1) is 0 Å². The van der Waals surface area contributed by atoms with Crippen LogP contribution in [-0.2, 0) is 0 Å². The summed E-state index contributed by atoms with van der Waals surface area (Å²) in [5, 5.41) is 12.2. The van der Waals surface area contributed by atoms with Crippen molar-refractivity contribution in [3.63, 3.8) is 0 Å². The van der Waals surface area contributed by atoms with Crippen molar-refractivity contribution in [3.05, 3.63) is 54.1 Å². The number of nitrogens with one attached hydrogen (secondary N) is 1. The van der Waals surface area contributed by atoms with Gasteiger partial charge in [0.1, 0.15) is 11.5 Å². The summed E-state index contributed by atoms with van der Waals surface area (Å²) in [5.74, 6) is 0.753. The second kappa shape index (κ2) is 7.72. The molecular formula is C16H18N2O3S. The minimum absolute atomic E-state index is 0.00183. The number of rotatable bonds is 7. The van der Waals surface area contributed by atoms with Crippen molar-refractivity contribution in [2.75, 3.05) is 17.6 Å². The van der Waals surface area contributed by atoms with Gasteiger partial charge < -0.3 is 20.9 Å². The number of ether oxygens (including phenoxy) is 1. The number of aromatic carboxylic acids is 1. The zero-order valence-electron chi connectivity index (χ0n) is 11.9. The van der Waals surface area contributed by atoms with Gasteiger partial charge in [-0.1, -0.05) is 6.07 Å². The topological polar surface area (TPSA) is 84.6 Å². The second-order valence-corrected chi connectivity index (χ2v) is 5.15. The first-order valence-corrected chi connectivity index (χ1v) is 7.43. The fourth-order valence-corrected chi connectivity index (χ4v) is 1.91. The van der Waals surface area contributed by atoms with Crippen LogP contribution in [0, 0.1) is 0 Å². The van der Waals surface area contributed by atoms with Crippen LogP contribution in [0.1, 0.15) is 10.4 Å². The molecule has 0 radical (unpaired) electrons. The average molecular weight is 318 g/mol. The van der Waals surface area contributed by atoms with Gasteiger partial charge in [0, 0.05) is 24.0 Å². The van der Waals surface area contributed by atoms with Crippen LogP contribution in [0.5, 0.6) is 11.5 Å². The Hall–Kier alpha value is -2.18.